The Morgan fingerprint density at radius 3 is 2.95 bits per heavy atom. The summed E-state index contributed by atoms with van der Waals surface area (Å²) in [6, 6.07) is 4.14. The summed E-state index contributed by atoms with van der Waals surface area (Å²) in [5.41, 5.74) is -0.221. The third kappa shape index (κ3) is 5.15. The maximum Gasteiger partial charge on any atom is 0.305 e. The van der Waals surface area contributed by atoms with Crippen LogP contribution in [0.15, 0.2) is 30.9 Å². The summed E-state index contributed by atoms with van der Waals surface area (Å²) in [7, 11) is 0. The highest BCUT2D eigenvalue weighted by Crippen LogP contribution is 2.19. The van der Waals surface area contributed by atoms with Crippen molar-refractivity contribution in [2.24, 2.45) is 0 Å². The lowest BCUT2D eigenvalue weighted by molar-refractivity contribution is -0.387. The van der Waals surface area contributed by atoms with Gasteiger partial charge in [-0.15, -0.1) is 6.58 Å². The molecule has 0 amide bonds. The Morgan fingerprint density at radius 2 is 2.26 bits per heavy atom. The summed E-state index contributed by atoms with van der Waals surface area (Å²) < 4.78 is 18.9. The second-order valence-corrected chi connectivity index (χ2v) is 3.87. The minimum atomic E-state index is -0.785. The van der Waals surface area contributed by atoms with E-state index in [-0.39, 0.29) is 12.1 Å². The molecule has 0 spiro atoms. The van der Waals surface area contributed by atoms with Crippen molar-refractivity contribution in [3.05, 3.63) is 52.3 Å². The fraction of sp³-hybridized carbons (Fsp3) is 0.385. The number of nitrogens with one attached hydrogen (secondary N) is 1. The maximum atomic E-state index is 13.7. The van der Waals surface area contributed by atoms with Crippen LogP contribution in [0.4, 0.5) is 10.1 Å². The van der Waals surface area contributed by atoms with Crippen LogP contribution >= 0.6 is 0 Å². The molecule has 104 valence electrons. The van der Waals surface area contributed by atoms with E-state index in [9.17, 15) is 14.5 Å². The fourth-order valence-electron chi connectivity index (χ4n) is 1.48. The van der Waals surface area contributed by atoms with Crippen LogP contribution in [-0.2, 0) is 11.3 Å². The number of halogens is 1. The number of benzene rings is 1. The van der Waals surface area contributed by atoms with Crippen molar-refractivity contribution in [1.29, 1.82) is 0 Å². The predicted molar refractivity (Wildman–Crippen MR) is 70.4 cm³/mol. The van der Waals surface area contributed by atoms with Crippen molar-refractivity contribution in [2.75, 3.05) is 19.8 Å². The normalized spacial score (nSPS) is 10.4. The molecule has 19 heavy (non-hydrogen) atoms. The van der Waals surface area contributed by atoms with Crippen molar-refractivity contribution in [2.45, 2.75) is 13.0 Å². The van der Waals surface area contributed by atoms with E-state index in [4.69, 9.17) is 4.74 Å². The Balaban J connectivity index is 2.35. The predicted octanol–water partition coefficient (Wildman–Crippen LogP) is 2.42. The van der Waals surface area contributed by atoms with E-state index in [0.29, 0.717) is 19.8 Å². The molecule has 1 aromatic rings. The first-order chi connectivity index (χ1) is 9.16. The van der Waals surface area contributed by atoms with E-state index < -0.39 is 16.4 Å². The van der Waals surface area contributed by atoms with E-state index in [1.807, 2.05) is 0 Å². The first-order valence-corrected chi connectivity index (χ1v) is 5.98. The van der Waals surface area contributed by atoms with Crippen LogP contribution in [0.3, 0.4) is 0 Å². The van der Waals surface area contributed by atoms with Gasteiger partial charge in [-0.2, -0.15) is 4.39 Å². The third-order valence-electron chi connectivity index (χ3n) is 2.46. The van der Waals surface area contributed by atoms with Crippen molar-refractivity contribution in [3.63, 3.8) is 0 Å². The number of nitro groups is 1. The molecule has 0 saturated heterocycles. The highest BCUT2D eigenvalue weighted by molar-refractivity contribution is 5.36. The third-order valence-corrected chi connectivity index (χ3v) is 2.46. The molecular weight excluding hydrogens is 251 g/mol. The SMILES string of the molecule is C=CCCOCCNCc1cccc([N+](=O)[O-])c1F. The van der Waals surface area contributed by atoms with Crippen LogP contribution < -0.4 is 5.32 Å². The molecule has 0 aliphatic heterocycles. The van der Waals surface area contributed by atoms with Gasteiger partial charge in [0.25, 0.3) is 0 Å². The lowest BCUT2D eigenvalue weighted by atomic mass is 10.2. The molecule has 0 aliphatic rings. The summed E-state index contributed by atoms with van der Waals surface area (Å²) >= 11 is 0. The lowest BCUT2D eigenvalue weighted by Gasteiger charge is -2.06. The molecule has 0 atom stereocenters. The van der Waals surface area contributed by atoms with Gasteiger partial charge in [0.2, 0.25) is 5.82 Å². The minimum Gasteiger partial charge on any atom is -0.380 e. The van der Waals surface area contributed by atoms with Crippen molar-refractivity contribution < 1.29 is 14.1 Å². The fourth-order valence-corrected chi connectivity index (χ4v) is 1.48. The molecule has 0 bridgehead atoms. The second-order valence-electron chi connectivity index (χ2n) is 3.87. The van der Waals surface area contributed by atoms with Gasteiger partial charge in [-0.3, -0.25) is 10.1 Å². The van der Waals surface area contributed by atoms with Crippen LogP contribution in [0.2, 0.25) is 0 Å². The van der Waals surface area contributed by atoms with Crippen LogP contribution in [0.5, 0.6) is 0 Å². The largest absolute Gasteiger partial charge is 0.380 e. The highest BCUT2D eigenvalue weighted by Gasteiger charge is 2.16. The average molecular weight is 268 g/mol. The number of nitro benzene ring substituents is 1. The molecular formula is C13H17FN2O3. The molecule has 0 heterocycles. The van der Waals surface area contributed by atoms with Gasteiger partial charge < -0.3 is 10.1 Å². The zero-order valence-corrected chi connectivity index (χ0v) is 10.6. The Morgan fingerprint density at radius 1 is 1.47 bits per heavy atom. The van der Waals surface area contributed by atoms with Crippen molar-refractivity contribution >= 4 is 5.69 Å². The Kier molecular flexibility index (Phi) is 6.70. The van der Waals surface area contributed by atoms with Gasteiger partial charge in [0.15, 0.2) is 0 Å². The van der Waals surface area contributed by atoms with E-state index in [1.54, 1.807) is 6.08 Å². The molecule has 1 rings (SSSR count). The average Bonchev–Trinajstić information content (AvgIpc) is 2.39. The monoisotopic (exact) mass is 268 g/mol. The Bertz CT molecular complexity index is 438. The van der Waals surface area contributed by atoms with Crippen LogP contribution in [-0.4, -0.2) is 24.7 Å². The van der Waals surface area contributed by atoms with Gasteiger partial charge in [-0.05, 0) is 6.42 Å². The van der Waals surface area contributed by atoms with Gasteiger partial charge in [0.1, 0.15) is 0 Å². The first kappa shape index (κ1) is 15.3. The smallest absolute Gasteiger partial charge is 0.305 e. The summed E-state index contributed by atoms with van der Waals surface area (Å²) in [6.45, 7) is 5.48. The molecule has 1 N–H and O–H groups in total. The molecule has 6 heteroatoms. The minimum absolute atomic E-state index is 0.234. The van der Waals surface area contributed by atoms with E-state index in [1.165, 1.54) is 12.1 Å². The number of nitrogens with zero attached hydrogens (tertiary/aromatic N) is 1. The van der Waals surface area contributed by atoms with Crippen LogP contribution in [0, 0.1) is 15.9 Å². The standard InChI is InChI=1S/C13H17FN2O3/c1-2-3-8-19-9-7-15-10-11-5-4-6-12(13(11)14)16(17)18/h2,4-6,15H,1,3,7-10H2. The highest BCUT2D eigenvalue weighted by atomic mass is 19.1. The van der Waals surface area contributed by atoms with E-state index in [0.717, 1.165) is 12.5 Å². The van der Waals surface area contributed by atoms with Gasteiger partial charge in [0, 0.05) is 24.7 Å². The maximum absolute atomic E-state index is 13.7. The first-order valence-electron chi connectivity index (χ1n) is 5.98. The molecule has 0 unspecified atom stereocenters. The van der Waals surface area contributed by atoms with Crippen molar-refractivity contribution in [1.82, 2.24) is 5.32 Å². The summed E-state index contributed by atoms with van der Waals surface area (Å²) in [5.74, 6) is -0.785. The topological polar surface area (TPSA) is 64.4 Å². The quantitative estimate of drug-likeness (QED) is 0.323. The number of rotatable bonds is 9. The zero-order chi connectivity index (χ0) is 14.1. The van der Waals surface area contributed by atoms with Gasteiger partial charge >= 0.3 is 5.69 Å². The van der Waals surface area contributed by atoms with Crippen molar-refractivity contribution in [3.8, 4) is 0 Å². The molecule has 0 radical (unpaired) electrons. The zero-order valence-electron chi connectivity index (χ0n) is 10.6. The number of hydrogen-bond acceptors (Lipinski definition) is 4. The van der Waals surface area contributed by atoms with Gasteiger partial charge in [0.05, 0.1) is 18.1 Å². The summed E-state index contributed by atoms with van der Waals surface area (Å²) in [5, 5.41) is 13.5. The molecule has 5 nitrogen and oxygen atoms in total. The van der Waals surface area contributed by atoms with Gasteiger partial charge in [-0.1, -0.05) is 18.2 Å². The molecule has 0 aromatic heterocycles. The molecule has 0 fully saturated rings. The summed E-state index contributed by atoms with van der Waals surface area (Å²) in [4.78, 5) is 9.84. The molecule has 0 aliphatic carbocycles. The number of ether oxygens (including phenoxy) is 1. The Labute approximate surface area is 111 Å². The van der Waals surface area contributed by atoms with E-state index in [2.05, 4.69) is 11.9 Å². The lowest BCUT2D eigenvalue weighted by Crippen LogP contribution is -2.20. The second kappa shape index (κ2) is 8.34. The van der Waals surface area contributed by atoms with Crippen LogP contribution in [0.1, 0.15) is 12.0 Å². The summed E-state index contributed by atoms with van der Waals surface area (Å²) in [6.07, 6.45) is 2.56. The Hall–Kier alpha value is -1.79. The number of hydrogen-bond donors (Lipinski definition) is 1. The molecule has 0 saturated carbocycles. The van der Waals surface area contributed by atoms with Gasteiger partial charge in [-0.25, -0.2) is 0 Å². The van der Waals surface area contributed by atoms with Crippen LogP contribution in [0.25, 0.3) is 0 Å². The molecule has 1 aromatic carbocycles. The van der Waals surface area contributed by atoms with E-state index >= 15 is 0 Å².